The van der Waals surface area contributed by atoms with Gasteiger partial charge in [0.2, 0.25) is 11.9 Å². The Kier molecular flexibility index (Phi) is 9.51. The van der Waals surface area contributed by atoms with E-state index in [2.05, 4.69) is 87.7 Å². The summed E-state index contributed by atoms with van der Waals surface area (Å²) >= 11 is 2.58. The third kappa shape index (κ3) is 6.92. The Labute approximate surface area is 285 Å². The molecule has 11 nitrogen and oxygen atoms in total. The van der Waals surface area contributed by atoms with Gasteiger partial charge in [-0.25, -0.2) is 14.8 Å². The van der Waals surface area contributed by atoms with Gasteiger partial charge in [-0.2, -0.15) is 9.97 Å². The Morgan fingerprint density at radius 2 is 1.79 bits per heavy atom. The first-order valence-corrected chi connectivity index (χ1v) is 17.3. The summed E-state index contributed by atoms with van der Waals surface area (Å²) < 4.78 is 1.43. The molecule has 6 rings (SSSR count). The Morgan fingerprint density at radius 1 is 1.04 bits per heavy atom. The number of nitrogens with one attached hydrogen (secondary N) is 1. The molecule has 1 unspecified atom stereocenters. The van der Waals surface area contributed by atoms with Crippen molar-refractivity contribution in [3.63, 3.8) is 0 Å². The van der Waals surface area contributed by atoms with Crippen LogP contribution in [0.4, 0.5) is 11.1 Å². The Balaban J connectivity index is 1.35. The van der Waals surface area contributed by atoms with Crippen LogP contribution in [0.3, 0.4) is 0 Å². The lowest BCUT2D eigenvalue weighted by molar-refractivity contribution is -0.136. The molecule has 2 aromatic carbocycles. The molecule has 0 saturated heterocycles. The van der Waals surface area contributed by atoms with Gasteiger partial charge in [-0.3, -0.25) is 14.2 Å². The first-order chi connectivity index (χ1) is 23.1. The molecule has 2 N–H and O–H groups in total. The number of likely N-dealkylation sites (N-methyl/N-ethyl adjacent to an activating group) is 1. The zero-order chi connectivity index (χ0) is 33.9. The van der Waals surface area contributed by atoms with Gasteiger partial charge in [-0.15, -0.1) is 23.1 Å². The molecule has 48 heavy (non-hydrogen) atoms. The lowest BCUT2D eigenvalue weighted by Crippen LogP contribution is -2.32. The molecule has 13 heteroatoms. The third-order valence-corrected chi connectivity index (χ3v) is 9.54. The van der Waals surface area contributed by atoms with Crippen LogP contribution in [-0.2, 0) is 22.4 Å². The normalized spacial score (nSPS) is 13.4. The van der Waals surface area contributed by atoms with Crippen LogP contribution in [0.5, 0.6) is 0 Å². The van der Waals surface area contributed by atoms with Crippen LogP contribution in [0, 0.1) is 6.92 Å². The summed E-state index contributed by atoms with van der Waals surface area (Å²) in [7, 11) is 1.67. The van der Waals surface area contributed by atoms with Gasteiger partial charge in [0.25, 0.3) is 0 Å². The number of aliphatic carboxylic acids is 1. The summed E-state index contributed by atoms with van der Waals surface area (Å²) in [6.07, 6.45) is 10.3. The highest BCUT2D eigenvalue weighted by molar-refractivity contribution is 7.98. The molecule has 0 spiro atoms. The topological polar surface area (TPSA) is 143 Å². The molecule has 0 radical (unpaired) electrons. The number of carbonyl (C=O) groups is 2. The molecule has 1 aliphatic rings. The number of rotatable bonds is 10. The zero-order valence-corrected chi connectivity index (χ0v) is 28.4. The van der Waals surface area contributed by atoms with Crippen molar-refractivity contribution in [2.24, 2.45) is 0 Å². The van der Waals surface area contributed by atoms with E-state index in [1.165, 1.54) is 28.1 Å². The van der Waals surface area contributed by atoms with Crippen molar-refractivity contribution in [2.45, 2.75) is 37.6 Å². The number of thiazole rings is 1. The number of benzene rings is 2. The third-order valence-electron chi connectivity index (χ3n) is 8.02. The monoisotopic (exact) mass is 679 g/mol. The first-order valence-electron chi connectivity index (χ1n) is 15.2. The van der Waals surface area contributed by atoms with Crippen molar-refractivity contribution < 1.29 is 14.7 Å². The van der Waals surface area contributed by atoms with E-state index >= 15 is 0 Å². The molecule has 0 fully saturated rings. The maximum atomic E-state index is 13.5. The van der Waals surface area contributed by atoms with Crippen LogP contribution in [0.15, 0.2) is 70.1 Å². The maximum absolute atomic E-state index is 13.5. The molecule has 0 saturated carbocycles. The average molecular weight is 680 g/mol. The predicted octanol–water partition coefficient (Wildman–Crippen LogP) is 5.44. The van der Waals surface area contributed by atoms with Crippen LogP contribution in [0.1, 0.15) is 57.5 Å². The molecule has 1 aliphatic carbocycles. The van der Waals surface area contributed by atoms with Crippen LogP contribution in [-0.4, -0.2) is 61.3 Å². The van der Waals surface area contributed by atoms with Gasteiger partial charge in [-0.05, 0) is 47.4 Å². The standard InChI is InChI=1S/C35H33N7O4S2/c1-5-21-7-11-26-23(15-21)9-8-22-14-20(2)6-10-25(22)31(26)27-17-42(35(46)40-32(27)47-4)28-12-13-36-33(38-28)41(3)18-29(43)39-34-37-24(19-48-34)16-30(44)45/h6-15,17,19,31H,5,16,18H2,1-4H3,(H,44,45)(H,37,39,43). The Bertz CT molecular complexity index is 2120. The lowest BCUT2D eigenvalue weighted by atomic mass is 9.82. The van der Waals surface area contributed by atoms with Crippen molar-refractivity contribution in [2.75, 3.05) is 30.1 Å². The van der Waals surface area contributed by atoms with Crippen molar-refractivity contribution >= 4 is 58.2 Å². The number of carboxylic acid groups (broad SMARTS) is 1. The van der Waals surface area contributed by atoms with E-state index in [0.717, 1.165) is 51.1 Å². The Hall–Kier alpha value is -5.14. The molecule has 3 heterocycles. The summed E-state index contributed by atoms with van der Waals surface area (Å²) in [5.41, 5.74) is 7.64. The Morgan fingerprint density at radius 3 is 2.52 bits per heavy atom. The molecule has 1 amide bonds. The number of anilines is 2. The summed E-state index contributed by atoms with van der Waals surface area (Å²) in [5.74, 6) is -1.04. The van der Waals surface area contributed by atoms with E-state index in [9.17, 15) is 14.4 Å². The van der Waals surface area contributed by atoms with Crippen molar-refractivity contribution in [1.29, 1.82) is 0 Å². The predicted molar refractivity (Wildman–Crippen MR) is 189 cm³/mol. The fourth-order valence-corrected chi connectivity index (χ4v) is 7.02. The van der Waals surface area contributed by atoms with Crippen LogP contribution < -0.4 is 15.9 Å². The number of aryl methyl sites for hydroxylation is 2. The second-order valence-corrected chi connectivity index (χ2v) is 13.1. The van der Waals surface area contributed by atoms with E-state index in [4.69, 9.17) is 5.11 Å². The number of fused-ring (bicyclic) bond motifs is 2. The number of hydrogen-bond donors (Lipinski definition) is 2. The minimum atomic E-state index is -0.999. The molecule has 0 bridgehead atoms. The number of nitrogens with zero attached hydrogens (tertiary/aromatic N) is 6. The molecular weight excluding hydrogens is 647 g/mol. The largest absolute Gasteiger partial charge is 0.481 e. The van der Waals surface area contributed by atoms with Crippen molar-refractivity contribution in [3.8, 4) is 5.82 Å². The molecular formula is C35H33N7O4S2. The smallest absolute Gasteiger partial charge is 0.354 e. The van der Waals surface area contributed by atoms with Crippen LogP contribution >= 0.6 is 23.1 Å². The van der Waals surface area contributed by atoms with E-state index in [1.807, 2.05) is 12.5 Å². The SMILES string of the molecule is CCc1ccc2c(c1)C=Cc1cc(C)ccc1C2c1cn(-c2ccnc(N(C)CC(=O)Nc3nc(CC(=O)O)cs3)n2)c(=O)nc1SC. The number of carboxylic acids is 1. The van der Waals surface area contributed by atoms with Gasteiger partial charge in [-0.1, -0.05) is 61.0 Å². The van der Waals surface area contributed by atoms with E-state index in [1.54, 1.807) is 23.4 Å². The minimum Gasteiger partial charge on any atom is -0.481 e. The molecule has 5 aromatic rings. The second-order valence-electron chi connectivity index (χ2n) is 11.4. The van der Waals surface area contributed by atoms with Gasteiger partial charge in [0.05, 0.1) is 18.7 Å². The van der Waals surface area contributed by atoms with Gasteiger partial charge in [0.1, 0.15) is 10.8 Å². The number of carbonyl (C=O) groups excluding carboxylic acids is 1. The maximum Gasteiger partial charge on any atom is 0.354 e. The average Bonchev–Trinajstić information content (AvgIpc) is 3.43. The summed E-state index contributed by atoms with van der Waals surface area (Å²) in [6, 6.07) is 14.6. The van der Waals surface area contributed by atoms with E-state index in [-0.39, 0.29) is 30.7 Å². The van der Waals surface area contributed by atoms with Crippen molar-refractivity contribution in [1.82, 2.24) is 24.5 Å². The highest BCUT2D eigenvalue weighted by Gasteiger charge is 2.28. The van der Waals surface area contributed by atoms with Gasteiger partial charge in [0, 0.05) is 42.4 Å². The highest BCUT2D eigenvalue weighted by atomic mass is 32.2. The molecule has 3 aromatic heterocycles. The van der Waals surface area contributed by atoms with Gasteiger partial charge in [0.15, 0.2) is 5.13 Å². The fraction of sp³-hybridized carbons (Fsp3) is 0.229. The molecule has 1 atom stereocenters. The summed E-state index contributed by atoms with van der Waals surface area (Å²) in [5, 5.41) is 14.2. The van der Waals surface area contributed by atoms with Crippen molar-refractivity contribution in [3.05, 3.63) is 115 Å². The van der Waals surface area contributed by atoms with Crippen LogP contribution in [0.2, 0.25) is 0 Å². The summed E-state index contributed by atoms with van der Waals surface area (Å²) in [4.78, 5) is 56.5. The first kappa shape index (κ1) is 32.8. The quantitative estimate of drug-likeness (QED) is 0.142. The fourth-order valence-electron chi connectivity index (χ4n) is 5.72. The van der Waals surface area contributed by atoms with E-state index < -0.39 is 11.7 Å². The molecule has 0 aliphatic heterocycles. The number of hydrogen-bond acceptors (Lipinski definition) is 10. The molecule has 244 valence electrons. The lowest BCUT2D eigenvalue weighted by Gasteiger charge is -2.24. The zero-order valence-electron chi connectivity index (χ0n) is 26.8. The van der Waals surface area contributed by atoms with Crippen LogP contribution in [0.25, 0.3) is 18.0 Å². The second kappa shape index (κ2) is 13.9. The summed E-state index contributed by atoms with van der Waals surface area (Å²) in [6.45, 7) is 4.11. The van der Waals surface area contributed by atoms with Gasteiger partial charge < -0.3 is 15.3 Å². The minimum absolute atomic E-state index is 0.108. The van der Waals surface area contributed by atoms with Gasteiger partial charge >= 0.3 is 11.7 Å². The number of amides is 1. The highest BCUT2D eigenvalue weighted by Crippen LogP contribution is 2.42. The number of aromatic nitrogens is 5. The number of thioether (sulfide) groups is 1. The van der Waals surface area contributed by atoms with E-state index in [0.29, 0.717) is 21.7 Å².